The van der Waals surface area contributed by atoms with E-state index in [0.29, 0.717) is 48.6 Å². The minimum atomic E-state index is -1.08. The molecule has 9 heteroatoms. The van der Waals surface area contributed by atoms with Crippen molar-refractivity contribution in [3.63, 3.8) is 0 Å². The Morgan fingerprint density at radius 3 is 2.27 bits per heavy atom. The van der Waals surface area contributed by atoms with Gasteiger partial charge in [-0.15, -0.1) is 0 Å². The van der Waals surface area contributed by atoms with Gasteiger partial charge >= 0.3 is 11.9 Å². The van der Waals surface area contributed by atoms with E-state index in [9.17, 15) is 14.4 Å². The topological polar surface area (TPSA) is 112 Å². The summed E-state index contributed by atoms with van der Waals surface area (Å²) in [5, 5.41) is 9.13. The Bertz CT molecular complexity index is 1520. The molecule has 256 valence electrons. The van der Waals surface area contributed by atoms with E-state index in [-0.39, 0.29) is 17.7 Å². The lowest BCUT2D eigenvalue weighted by Crippen LogP contribution is -2.51. The SMILES string of the molecule is COc1ccc(CCC(OC(=O)[C@@H]2CCCCN2C(=O)C(c2ccccc2)C2CCCCC2)c2cccc(OCC(=O)O)c2)cc1OC. The number of aliphatic carboxylic acids is 1. The number of rotatable bonds is 14. The van der Waals surface area contributed by atoms with Crippen LogP contribution in [0, 0.1) is 5.92 Å². The van der Waals surface area contributed by atoms with Gasteiger partial charge in [0.05, 0.1) is 20.1 Å². The van der Waals surface area contributed by atoms with Crippen LogP contribution in [0.2, 0.25) is 0 Å². The first-order valence-corrected chi connectivity index (χ1v) is 17.1. The minimum Gasteiger partial charge on any atom is -0.493 e. The van der Waals surface area contributed by atoms with E-state index in [1.165, 1.54) is 6.42 Å². The number of esters is 1. The molecule has 3 aromatic carbocycles. The van der Waals surface area contributed by atoms with Crippen molar-refractivity contribution in [3.8, 4) is 17.2 Å². The summed E-state index contributed by atoms with van der Waals surface area (Å²) in [6.07, 6.45) is 7.99. The molecule has 1 saturated heterocycles. The van der Waals surface area contributed by atoms with Gasteiger partial charge in [-0.3, -0.25) is 4.79 Å². The van der Waals surface area contributed by atoms with Gasteiger partial charge in [-0.1, -0.05) is 67.8 Å². The van der Waals surface area contributed by atoms with Gasteiger partial charge in [-0.25, -0.2) is 9.59 Å². The van der Waals surface area contributed by atoms with E-state index in [4.69, 9.17) is 24.1 Å². The van der Waals surface area contributed by atoms with Crippen molar-refractivity contribution >= 4 is 17.8 Å². The van der Waals surface area contributed by atoms with Crippen LogP contribution in [0.3, 0.4) is 0 Å². The fourth-order valence-electron chi connectivity index (χ4n) is 7.16. The zero-order valence-corrected chi connectivity index (χ0v) is 28.0. The number of ether oxygens (including phenoxy) is 4. The summed E-state index contributed by atoms with van der Waals surface area (Å²) in [7, 11) is 3.17. The second kappa shape index (κ2) is 17.0. The lowest BCUT2D eigenvalue weighted by Gasteiger charge is -2.39. The smallest absolute Gasteiger partial charge is 0.341 e. The number of carbonyl (C=O) groups excluding carboxylic acids is 2. The Morgan fingerprint density at radius 2 is 1.54 bits per heavy atom. The van der Waals surface area contributed by atoms with Gasteiger partial charge in [0.25, 0.3) is 0 Å². The predicted molar refractivity (Wildman–Crippen MR) is 181 cm³/mol. The Morgan fingerprint density at radius 1 is 0.812 bits per heavy atom. The number of carboxylic acids is 1. The van der Waals surface area contributed by atoms with E-state index in [0.717, 1.165) is 49.7 Å². The average molecular weight is 658 g/mol. The molecular weight excluding hydrogens is 610 g/mol. The standard InChI is InChI=1S/C39H47NO8/c1-45-34-22-20-27(24-35(34)46-2)19-21-33(30-16-11-17-31(25-30)47-26-36(41)42)48-39(44)32-18-9-10-23-40(32)38(43)37(28-12-5-3-6-13-28)29-14-7-4-8-15-29/h3,5-6,11-13,16-17,20,22,24-25,29,32-33,37H,4,7-10,14-15,18-19,21,23,26H2,1-2H3,(H,41,42)/t32-,33?,37?/m0/s1. The summed E-state index contributed by atoms with van der Waals surface area (Å²) < 4.78 is 22.7. The maximum Gasteiger partial charge on any atom is 0.341 e. The fourth-order valence-corrected chi connectivity index (χ4v) is 7.16. The third-order valence-corrected chi connectivity index (χ3v) is 9.60. The highest BCUT2D eigenvalue weighted by molar-refractivity contribution is 5.89. The van der Waals surface area contributed by atoms with Crippen molar-refractivity contribution in [3.05, 3.63) is 89.5 Å². The zero-order chi connectivity index (χ0) is 33.9. The van der Waals surface area contributed by atoms with E-state index >= 15 is 0 Å². The van der Waals surface area contributed by atoms with Gasteiger partial charge in [0.1, 0.15) is 17.9 Å². The van der Waals surface area contributed by atoms with Crippen molar-refractivity contribution < 1.29 is 38.4 Å². The molecule has 3 atom stereocenters. The number of carbonyl (C=O) groups is 3. The molecule has 1 aliphatic carbocycles. The second-order valence-corrected chi connectivity index (χ2v) is 12.7. The number of hydrogen-bond acceptors (Lipinski definition) is 7. The lowest BCUT2D eigenvalue weighted by atomic mass is 9.75. The summed E-state index contributed by atoms with van der Waals surface area (Å²) in [5.41, 5.74) is 2.67. The number of likely N-dealkylation sites (tertiary alicyclic amines) is 1. The predicted octanol–water partition coefficient (Wildman–Crippen LogP) is 7.13. The summed E-state index contributed by atoms with van der Waals surface area (Å²) in [5.74, 6) is 0.0642. The van der Waals surface area contributed by atoms with Gasteiger partial charge in [-0.05, 0) is 91.8 Å². The Labute approximate surface area is 283 Å². The Balaban J connectivity index is 1.39. The van der Waals surface area contributed by atoms with Crippen LogP contribution in [0.1, 0.15) is 86.5 Å². The number of piperidine rings is 1. The van der Waals surface area contributed by atoms with Gasteiger partial charge in [-0.2, -0.15) is 0 Å². The van der Waals surface area contributed by atoms with Crippen LogP contribution in [0.4, 0.5) is 0 Å². The molecule has 1 N–H and O–H groups in total. The number of aryl methyl sites for hydroxylation is 1. The van der Waals surface area contributed by atoms with Crippen LogP contribution in [0.15, 0.2) is 72.8 Å². The first kappa shape index (κ1) is 34.8. The number of methoxy groups -OCH3 is 2. The number of amides is 1. The van der Waals surface area contributed by atoms with Crippen molar-refractivity contribution in [1.29, 1.82) is 0 Å². The molecule has 2 unspecified atom stereocenters. The third kappa shape index (κ3) is 8.88. The minimum absolute atomic E-state index is 0.0145. The lowest BCUT2D eigenvalue weighted by molar-refractivity contribution is -0.163. The van der Waals surface area contributed by atoms with Crippen molar-refractivity contribution in [2.24, 2.45) is 5.92 Å². The molecule has 0 spiro atoms. The molecule has 1 saturated carbocycles. The summed E-state index contributed by atoms with van der Waals surface area (Å²) in [6, 6.07) is 22.0. The molecule has 0 aromatic heterocycles. The molecule has 0 bridgehead atoms. The van der Waals surface area contributed by atoms with E-state index in [2.05, 4.69) is 0 Å². The summed E-state index contributed by atoms with van der Waals surface area (Å²) in [4.78, 5) is 41.6. The van der Waals surface area contributed by atoms with Crippen molar-refractivity contribution in [2.45, 2.75) is 82.3 Å². The summed E-state index contributed by atoms with van der Waals surface area (Å²) >= 11 is 0. The maximum atomic E-state index is 14.5. The largest absolute Gasteiger partial charge is 0.493 e. The maximum absolute atomic E-state index is 14.5. The van der Waals surface area contributed by atoms with Crippen LogP contribution in [-0.2, 0) is 25.5 Å². The number of nitrogens with zero attached hydrogens (tertiary/aromatic N) is 1. The highest BCUT2D eigenvalue weighted by atomic mass is 16.5. The Kier molecular flexibility index (Phi) is 12.4. The van der Waals surface area contributed by atoms with Gasteiger partial charge in [0.2, 0.25) is 5.91 Å². The summed E-state index contributed by atoms with van der Waals surface area (Å²) in [6.45, 7) is 0.0335. The molecular formula is C39H47NO8. The quantitative estimate of drug-likeness (QED) is 0.182. The molecule has 1 amide bonds. The van der Waals surface area contributed by atoms with Crippen LogP contribution in [0.25, 0.3) is 0 Å². The molecule has 9 nitrogen and oxygen atoms in total. The van der Waals surface area contributed by atoms with E-state index < -0.39 is 30.7 Å². The van der Waals surface area contributed by atoms with Gasteiger partial charge in [0, 0.05) is 6.54 Å². The monoisotopic (exact) mass is 657 g/mol. The highest BCUT2D eigenvalue weighted by Crippen LogP contribution is 2.39. The second-order valence-electron chi connectivity index (χ2n) is 12.7. The first-order valence-electron chi connectivity index (χ1n) is 17.1. The van der Waals surface area contributed by atoms with Crippen LogP contribution in [0.5, 0.6) is 17.2 Å². The molecule has 3 aromatic rings. The van der Waals surface area contributed by atoms with Crippen LogP contribution >= 0.6 is 0 Å². The fraction of sp³-hybridized carbons (Fsp3) is 0.462. The number of benzene rings is 3. The van der Waals surface area contributed by atoms with Crippen molar-refractivity contribution in [1.82, 2.24) is 4.90 Å². The van der Waals surface area contributed by atoms with Crippen LogP contribution < -0.4 is 14.2 Å². The molecule has 1 aliphatic heterocycles. The van der Waals surface area contributed by atoms with Gasteiger partial charge in [0.15, 0.2) is 18.1 Å². The normalized spacial score (nSPS) is 18.0. The molecule has 0 radical (unpaired) electrons. The highest BCUT2D eigenvalue weighted by Gasteiger charge is 2.40. The van der Waals surface area contributed by atoms with E-state index in [1.54, 1.807) is 37.3 Å². The van der Waals surface area contributed by atoms with E-state index in [1.807, 2.05) is 54.6 Å². The zero-order valence-electron chi connectivity index (χ0n) is 28.0. The molecule has 5 rings (SSSR count). The average Bonchev–Trinajstić information content (AvgIpc) is 3.13. The molecule has 48 heavy (non-hydrogen) atoms. The van der Waals surface area contributed by atoms with Gasteiger partial charge < -0.3 is 29.0 Å². The van der Waals surface area contributed by atoms with Crippen molar-refractivity contribution in [2.75, 3.05) is 27.4 Å². The molecule has 1 heterocycles. The van der Waals surface area contributed by atoms with Crippen LogP contribution in [-0.4, -0.2) is 61.3 Å². The third-order valence-electron chi connectivity index (χ3n) is 9.60. The number of carboxylic acid groups (broad SMARTS) is 1. The molecule has 2 fully saturated rings. The molecule has 2 aliphatic rings. The Hall–Kier alpha value is -4.53. The first-order chi connectivity index (χ1) is 23.4. The number of hydrogen-bond donors (Lipinski definition) is 1.